The third kappa shape index (κ3) is 3.29. The number of aryl methyl sites for hydroxylation is 1. The average Bonchev–Trinajstić information content (AvgIpc) is 2.94. The van der Waals surface area contributed by atoms with Crippen molar-refractivity contribution in [2.45, 2.75) is 11.8 Å². The lowest BCUT2D eigenvalue weighted by Crippen LogP contribution is -2.14. The van der Waals surface area contributed by atoms with Crippen molar-refractivity contribution in [2.24, 2.45) is 0 Å². The quantitative estimate of drug-likeness (QED) is 0.668. The molecule has 0 radical (unpaired) electrons. The number of rotatable bonds is 5. The molecule has 9 heteroatoms. The summed E-state index contributed by atoms with van der Waals surface area (Å²) in [5.41, 5.74) is 1.44. The van der Waals surface area contributed by atoms with Crippen molar-refractivity contribution in [3.8, 4) is 11.5 Å². The van der Waals surface area contributed by atoms with Crippen LogP contribution in [-0.4, -0.2) is 27.8 Å². The second kappa shape index (κ2) is 6.57. The van der Waals surface area contributed by atoms with Gasteiger partial charge in [-0.1, -0.05) is 21.1 Å². The number of methoxy groups -OCH3 is 2. The molecule has 0 atom stereocenters. The van der Waals surface area contributed by atoms with Crippen LogP contribution in [0.15, 0.2) is 44.2 Å². The van der Waals surface area contributed by atoms with Crippen molar-refractivity contribution >= 4 is 42.6 Å². The molecule has 0 spiro atoms. The van der Waals surface area contributed by atoms with E-state index < -0.39 is 10.0 Å². The highest BCUT2D eigenvalue weighted by atomic mass is 79.9. The minimum Gasteiger partial charge on any atom is -0.495 e. The Labute approximate surface area is 153 Å². The molecule has 0 bridgehead atoms. The van der Waals surface area contributed by atoms with Gasteiger partial charge in [0.05, 0.1) is 25.6 Å². The Morgan fingerprint density at radius 2 is 1.84 bits per heavy atom. The minimum atomic E-state index is -3.91. The molecule has 132 valence electrons. The second-order valence-corrected chi connectivity index (χ2v) is 7.78. The van der Waals surface area contributed by atoms with Crippen LogP contribution in [0.25, 0.3) is 11.0 Å². The van der Waals surface area contributed by atoms with Gasteiger partial charge in [0.1, 0.15) is 16.4 Å². The Bertz CT molecular complexity index is 1050. The van der Waals surface area contributed by atoms with Gasteiger partial charge in [-0.15, -0.1) is 0 Å². The van der Waals surface area contributed by atoms with Crippen molar-refractivity contribution in [1.82, 2.24) is 5.16 Å². The van der Waals surface area contributed by atoms with Crippen molar-refractivity contribution in [3.63, 3.8) is 0 Å². The number of nitrogens with zero attached hydrogens (tertiary/aromatic N) is 1. The van der Waals surface area contributed by atoms with E-state index in [2.05, 4.69) is 25.8 Å². The Hall–Kier alpha value is -2.26. The summed E-state index contributed by atoms with van der Waals surface area (Å²) in [7, 11) is -1.05. The number of benzene rings is 2. The van der Waals surface area contributed by atoms with E-state index >= 15 is 0 Å². The number of nitrogens with one attached hydrogen (secondary N) is 1. The van der Waals surface area contributed by atoms with Crippen LogP contribution in [0.3, 0.4) is 0 Å². The van der Waals surface area contributed by atoms with Crippen molar-refractivity contribution in [2.75, 3.05) is 18.9 Å². The lowest BCUT2D eigenvalue weighted by molar-refractivity contribution is 0.402. The summed E-state index contributed by atoms with van der Waals surface area (Å²) in [6.45, 7) is 1.77. The highest BCUT2D eigenvalue weighted by Crippen LogP contribution is 2.35. The number of hydrogen-bond acceptors (Lipinski definition) is 6. The van der Waals surface area contributed by atoms with E-state index in [0.717, 1.165) is 0 Å². The van der Waals surface area contributed by atoms with Gasteiger partial charge in [0.15, 0.2) is 5.58 Å². The summed E-state index contributed by atoms with van der Waals surface area (Å²) in [5.74, 6) is 0.554. The van der Waals surface area contributed by atoms with Crippen LogP contribution in [0.4, 0.5) is 5.69 Å². The van der Waals surface area contributed by atoms with Crippen LogP contribution in [0.2, 0.25) is 0 Å². The molecule has 3 aromatic rings. The molecule has 1 aromatic heterocycles. The predicted octanol–water partition coefficient (Wildman–Crippen LogP) is 3.72. The molecule has 0 aliphatic heterocycles. The van der Waals surface area contributed by atoms with Crippen LogP contribution in [0, 0.1) is 6.92 Å². The van der Waals surface area contributed by atoms with E-state index in [9.17, 15) is 8.42 Å². The van der Waals surface area contributed by atoms with Crippen LogP contribution >= 0.6 is 15.9 Å². The third-order valence-electron chi connectivity index (χ3n) is 3.63. The molecule has 0 aliphatic carbocycles. The molecule has 0 saturated carbocycles. The van der Waals surface area contributed by atoms with Gasteiger partial charge in [-0.05, 0) is 31.2 Å². The molecule has 7 nitrogen and oxygen atoms in total. The molecule has 0 aliphatic rings. The van der Waals surface area contributed by atoms with E-state index in [1.165, 1.54) is 20.3 Å². The number of halogens is 1. The predicted molar refractivity (Wildman–Crippen MR) is 96.8 cm³/mol. The van der Waals surface area contributed by atoms with Crippen LogP contribution < -0.4 is 14.2 Å². The Morgan fingerprint density at radius 3 is 2.52 bits per heavy atom. The molecule has 25 heavy (non-hydrogen) atoms. The molecular formula is C16H15BrN2O5S. The van der Waals surface area contributed by atoms with Gasteiger partial charge >= 0.3 is 0 Å². The first kappa shape index (κ1) is 17.6. The number of anilines is 1. The summed E-state index contributed by atoms with van der Waals surface area (Å²) in [5, 5.41) is 4.57. The highest BCUT2D eigenvalue weighted by Gasteiger charge is 2.22. The zero-order chi connectivity index (χ0) is 18.2. The third-order valence-corrected chi connectivity index (χ3v) is 5.51. The van der Waals surface area contributed by atoms with Gasteiger partial charge in [0.25, 0.3) is 10.0 Å². The molecule has 3 rings (SSSR count). The monoisotopic (exact) mass is 426 g/mol. The molecule has 2 aromatic carbocycles. The standard InChI is InChI=1S/C16H15BrN2O5S/c1-9-11-7-12(15(23-3)8-14(11)24-18-9)19-25(20,21)16-6-10(17)4-5-13(16)22-2/h4-8,19H,1-3H3. The zero-order valence-electron chi connectivity index (χ0n) is 13.7. The van der Waals surface area contributed by atoms with Gasteiger partial charge in [-0.3, -0.25) is 4.72 Å². The average molecular weight is 427 g/mol. The molecule has 1 N–H and O–H groups in total. The minimum absolute atomic E-state index is 0.00793. The maximum Gasteiger partial charge on any atom is 0.265 e. The number of fused-ring (bicyclic) bond motifs is 1. The van der Waals surface area contributed by atoms with Gasteiger partial charge in [0, 0.05) is 15.9 Å². The van der Waals surface area contributed by atoms with E-state index in [0.29, 0.717) is 26.9 Å². The summed E-state index contributed by atoms with van der Waals surface area (Å²) in [6, 6.07) is 7.96. The maximum absolute atomic E-state index is 12.9. The van der Waals surface area contributed by atoms with E-state index in [4.69, 9.17) is 14.0 Å². The van der Waals surface area contributed by atoms with Gasteiger partial charge in [-0.25, -0.2) is 8.42 Å². The first-order valence-electron chi connectivity index (χ1n) is 7.16. The van der Waals surface area contributed by atoms with E-state index in [1.807, 2.05) is 0 Å². The molecule has 0 amide bonds. The van der Waals surface area contributed by atoms with Gasteiger partial charge in [0.2, 0.25) is 0 Å². The second-order valence-electron chi connectivity index (χ2n) is 5.22. The maximum atomic E-state index is 12.9. The fourth-order valence-electron chi connectivity index (χ4n) is 2.40. The normalized spacial score (nSPS) is 11.5. The number of sulfonamides is 1. The fourth-order valence-corrected chi connectivity index (χ4v) is 4.17. The smallest absolute Gasteiger partial charge is 0.265 e. The van der Waals surface area contributed by atoms with Crippen LogP contribution in [-0.2, 0) is 10.0 Å². The fraction of sp³-hybridized carbons (Fsp3) is 0.188. The molecule has 1 heterocycles. The molecule has 0 unspecified atom stereocenters. The summed E-state index contributed by atoms with van der Waals surface area (Å²) >= 11 is 3.28. The Kier molecular flexibility index (Phi) is 4.61. The van der Waals surface area contributed by atoms with Gasteiger partial charge in [-0.2, -0.15) is 0 Å². The first-order chi connectivity index (χ1) is 11.9. The van der Waals surface area contributed by atoms with Crippen molar-refractivity contribution < 1.29 is 22.4 Å². The van der Waals surface area contributed by atoms with Crippen molar-refractivity contribution in [1.29, 1.82) is 0 Å². The topological polar surface area (TPSA) is 90.7 Å². The first-order valence-corrected chi connectivity index (χ1v) is 9.43. The van der Waals surface area contributed by atoms with Gasteiger partial charge < -0.3 is 14.0 Å². The number of hydrogen-bond donors (Lipinski definition) is 1. The summed E-state index contributed by atoms with van der Waals surface area (Å²) < 4.78 is 44.5. The van der Waals surface area contributed by atoms with E-state index in [1.54, 1.807) is 31.2 Å². The Morgan fingerprint density at radius 1 is 1.12 bits per heavy atom. The lowest BCUT2D eigenvalue weighted by atomic mass is 10.2. The summed E-state index contributed by atoms with van der Waals surface area (Å²) in [4.78, 5) is 0.00793. The molecule has 0 fully saturated rings. The van der Waals surface area contributed by atoms with Crippen LogP contribution in [0.5, 0.6) is 11.5 Å². The zero-order valence-corrected chi connectivity index (χ0v) is 16.1. The number of aromatic nitrogens is 1. The summed E-state index contributed by atoms with van der Waals surface area (Å²) in [6.07, 6.45) is 0. The Balaban J connectivity index is 2.11. The highest BCUT2D eigenvalue weighted by molar-refractivity contribution is 9.10. The lowest BCUT2D eigenvalue weighted by Gasteiger charge is -2.14. The molecular weight excluding hydrogens is 412 g/mol. The molecule has 0 saturated heterocycles. The van der Waals surface area contributed by atoms with E-state index in [-0.39, 0.29) is 16.3 Å². The number of ether oxygens (including phenoxy) is 2. The van der Waals surface area contributed by atoms with Crippen molar-refractivity contribution in [3.05, 3.63) is 40.5 Å². The SMILES string of the molecule is COc1cc2onc(C)c2cc1NS(=O)(=O)c1cc(Br)ccc1OC. The largest absolute Gasteiger partial charge is 0.495 e. The van der Waals surface area contributed by atoms with Crippen LogP contribution in [0.1, 0.15) is 5.69 Å².